The smallest absolute Gasteiger partial charge is 0.00992 e. The predicted molar refractivity (Wildman–Crippen MR) is 69.4 cm³/mol. The third-order valence-corrected chi connectivity index (χ3v) is 4.44. The average molecular weight is 224 g/mol. The molecule has 0 aliphatic heterocycles. The standard InChI is InChI=1S/C14H28N2/c1-2-6-11-9-14(11)16-10-12-7-4-3-5-8-13(12)15/h11-14,16H,2-10,15H2,1H3. The molecule has 0 aromatic rings. The first-order valence-corrected chi connectivity index (χ1v) is 7.30. The Morgan fingerprint density at radius 3 is 2.75 bits per heavy atom. The SMILES string of the molecule is CCCC1CC1NCC1CCCCCC1N. The molecule has 3 N–H and O–H groups in total. The molecule has 0 saturated heterocycles. The largest absolute Gasteiger partial charge is 0.327 e. The highest BCUT2D eigenvalue weighted by molar-refractivity contribution is 4.93. The van der Waals surface area contributed by atoms with E-state index in [2.05, 4.69) is 12.2 Å². The summed E-state index contributed by atoms with van der Waals surface area (Å²) in [6.07, 6.45) is 10.9. The van der Waals surface area contributed by atoms with E-state index in [-0.39, 0.29) is 0 Å². The first kappa shape index (κ1) is 12.4. The van der Waals surface area contributed by atoms with Crippen LogP contribution in [0.2, 0.25) is 0 Å². The molecular weight excluding hydrogens is 196 g/mol. The molecule has 0 bridgehead atoms. The van der Waals surface area contributed by atoms with Crippen LogP contribution in [0.3, 0.4) is 0 Å². The zero-order valence-corrected chi connectivity index (χ0v) is 10.8. The van der Waals surface area contributed by atoms with Crippen molar-refractivity contribution in [3.8, 4) is 0 Å². The monoisotopic (exact) mass is 224 g/mol. The van der Waals surface area contributed by atoms with Crippen LogP contribution in [0.5, 0.6) is 0 Å². The molecule has 0 heterocycles. The molecule has 2 heteroatoms. The van der Waals surface area contributed by atoms with Crippen molar-refractivity contribution in [1.29, 1.82) is 0 Å². The summed E-state index contributed by atoms with van der Waals surface area (Å²) in [6.45, 7) is 3.46. The first-order chi connectivity index (χ1) is 7.81. The molecule has 2 aliphatic rings. The summed E-state index contributed by atoms with van der Waals surface area (Å²) in [5, 5.41) is 3.74. The van der Waals surface area contributed by atoms with Crippen molar-refractivity contribution in [3.63, 3.8) is 0 Å². The molecule has 16 heavy (non-hydrogen) atoms. The number of hydrogen-bond acceptors (Lipinski definition) is 2. The van der Waals surface area contributed by atoms with E-state index in [4.69, 9.17) is 5.73 Å². The number of rotatable bonds is 5. The molecule has 2 rings (SSSR count). The van der Waals surface area contributed by atoms with Gasteiger partial charge < -0.3 is 11.1 Å². The average Bonchev–Trinajstić information content (AvgIpc) is 3.02. The summed E-state index contributed by atoms with van der Waals surface area (Å²) in [5.74, 6) is 1.72. The normalized spacial score (nSPS) is 39.4. The molecule has 0 spiro atoms. The van der Waals surface area contributed by atoms with Crippen molar-refractivity contribution in [2.24, 2.45) is 17.6 Å². The molecule has 94 valence electrons. The van der Waals surface area contributed by atoms with Crippen LogP contribution < -0.4 is 11.1 Å². The van der Waals surface area contributed by atoms with Gasteiger partial charge in [0.1, 0.15) is 0 Å². The van der Waals surface area contributed by atoms with Gasteiger partial charge in [-0.3, -0.25) is 0 Å². The number of hydrogen-bond donors (Lipinski definition) is 2. The molecule has 0 radical (unpaired) electrons. The highest BCUT2D eigenvalue weighted by Gasteiger charge is 2.36. The maximum absolute atomic E-state index is 6.24. The molecule has 2 aliphatic carbocycles. The fourth-order valence-corrected chi connectivity index (χ4v) is 3.16. The fourth-order valence-electron chi connectivity index (χ4n) is 3.16. The van der Waals surface area contributed by atoms with Crippen molar-refractivity contribution in [2.45, 2.75) is 70.4 Å². The quantitative estimate of drug-likeness (QED) is 0.705. The van der Waals surface area contributed by atoms with E-state index in [0.29, 0.717) is 6.04 Å². The van der Waals surface area contributed by atoms with Crippen LogP contribution in [0.25, 0.3) is 0 Å². The van der Waals surface area contributed by atoms with Gasteiger partial charge in [-0.2, -0.15) is 0 Å². The van der Waals surface area contributed by atoms with Crippen LogP contribution in [0, 0.1) is 11.8 Å². The van der Waals surface area contributed by atoms with Crippen LogP contribution in [0.1, 0.15) is 58.3 Å². The molecule has 2 nitrogen and oxygen atoms in total. The number of nitrogens with one attached hydrogen (secondary N) is 1. The van der Waals surface area contributed by atoms with Crippen LogP contribution in [-0.2, 0) is 0 Å². The van der Waals surface area contributed by atoms with Crippen LogP contribution >= 0.6 is 0 Å². The summed E-state index contributed by atoms with van der Waals surface area (Å²) >= 11 is 0. The summed E-state index contributed by atoms with van der Waals surface area (Å²) in [7, 11) is 0. The van der Waals surface area contributed by atoms with E-state index in [0.717, 1.165) is 17.9 Å². The lowest BCUT2D eigenvalue weighted by atomic mass is 9.95. The van der Waals surface area contributed by atoms with Crippen molar-refractivity contribution < 1.29 is 0 Å². The van der Waals surface area contributed by atoms with E-state index in [1.54, 1.807) is 0 Å². The van der Waals surface area contributed by atoms with Crippen molar-refractivity contribution >= 4 is 0 Å². The Kier molecular flexibility index (Phi) is 4.66. The Balaban J connectivity index is 1.65. The van der Waals surface area contributed by atoms with E-state index < -0.39 is 0 Å². The topological polar surface area (TPSA) is 38.0 Å². The molecule has 0 amide bonds. The maximum Gasteiger partial charge on any atom is 0.00992 e. The molecule has 2 saturated carbocycles. The lowest BCUT2D eigenvalue weighted by Crippen LogP contribution is -2.37. The number of nitrogens with two attached hydrogens (primary N) is 1. The lowest BCUT2D eigenvalue weighted by Gasteiger charge is -2.21. The van der Waals surface area contributed by atoms with E-state index in [1.165, 1.54) is 57.9 Å². The van der Waals surface area contributed by atoms with Crippen LogP contribution in [0.15, 0.2) is 0 Å². The highest BCUT2D eigenvalue weighted by atomic mass is 15.0. The summed E-state index contributed by atoms with van der Waals surface area (Å²) in [5.41, 5.74) is 6.24. The minimum atomic E-state index is 0.457. The Hall–Kier alpha value is -0.0800. The highest BCUT2D eigenvalue weighted by Crippen LogP contribution is 2.35. The van der Waals surface area contributed by atoms with Gasteiger partial charge in [0.05, 0.1) is 0 Å². The summed E-state index contributed by atoms with van der Waals surface area (Å²) < 4.78 is 0. The molecule has 0 aromatic carbocycles. The maximum atomic E-state index is 6.24. The summed E-state index contributed by atoms with van der Waals surface area (Å²) in [4.78, 5) is 0. The van der Waals surface area contributed by atoms with E-state index in [1.807, 2.05) is 0 Å². The van der Waals surface area contributed by atoms with Gasteiger partial charge in [0, 0.05) is 12.1 Å². The Labute approximate surface area is 100 Å². The second kappa shape index (κ2) is 6.02. The van der Waals surface area contributed by atoms with Gasteiger partial charge in [-0.1, -0.05) is 32.6 Å². The molecule has 4 unspecified atom stereocenters. The Morgan fingerprint density at radius 2 is 1.94 bits per heavy atom. The van der Waals surface area contributed by atoms with Gasteiger partial charge in [0.25, 0.3) is 0 Å². The lowest BCUT2D eigenvalue weighted by molar-refractivity contribution is 0.369. The van der Waals surface area contributed by atoms with Gasteiger partial charge in [-0.25, -0.2) is 0 Å². The fraction of sp³-hybridized carbons (Fsp3) is 1.00. The van der Waals surface area contributed by atoms with Crippen molar-refractivity contribution in [3.05, 3.63) is 0 Å². The second-order valence-electron chi connectivity index (χ2n) is 5.86. The third kappa shape index (κ3) is 3.46. The second-order valence-corrected chi connectivity index (χ2v) is 5.86. The van der Waals surface area contributed by atoms with Gasteiger partial charge in [0.15, 0.2) is 0 Å². The van der Waals surface area contributed by atoms with E-state index in [9.17, 15) is 0 Å². The minimum absolute atomic E-state index is 0.457. The van der Waals surface area contributed by atoms with Gasteiger partial charge in [0.2, 0.25) is 0 Å². The van der Waals surface area contributed by atoms with Gasteiger partial charge in [-0.15, -0.1) is 0 Å². The molecule has 0 aromatic heterocycles. The molecular formula is C14H28N2. The van der Waals surface area contributed by atoms with E-state index >= 15 is 0 Å². The third-order valence-electron chi connectivity index (χ3n) is 4.44. The van der Waals surface area contributed by atoms with Crippen molar-refractivity contribution in [2.75, 3.05) is 6.54 Å². The van der Waals surface area contributed by atoms with Crippen LogP contribution in [0.4, 0.5) is 0 Å². The zero-order chi connectivity index (χ0) is 11.4. The predicted octanol–water partition coefficient (Wildman–Crippen LogP) is 2.67. The first-order valence-electron chi connectivity index (χ1n) is 7.30. The Bertz CT molecular complexity index is 205. The zero-order valence-electron chi connectivity index (χ0n) is 10.8. The van der Waals surface area contributed by atoms with Crippen molar-refractivity contribution in [1.82, 2.24) is 5.32 Å². The summed E-state index contributed by atoms with van der Waals surface area (Å²) in [6, 6.07) is 1.29. The van der Waals surface area contributed by atoms with Gasteiger partial charge in [-0.05, 0) is 44.1 Å². The molecule has 2 fully saturated rings. The van der Waals surface area contributed by atoms with Gasteiger partial charge >= 0.3 is 0 Å². The minimum Gasteiger partial charge on any atom is -0.327 e. The molecule has 4 atom stereocenters. The van der Waals surface area contributed by atoms with Crippen LogP contribution in [-0.4, -0.2) is 18.6 Å². The Morgan fingerprint density at radius 1 is 1.12 bits per heavy atom.